The standard InChI is InChI=1S/C10H22O2.C2H2O5/c1-9(2,3)7-11-12-8-10(4,5)6;3-1(4)7-2(5)6/h7-8H2,1-6H3;(H,3,4)(H,5,6). The van der Waals surface area contributed by atoms with E-state index in [1.54, 1.807) is 0 Å². The number of rotatable bonds is 3. The molecule has 0 spiro atoms. The molecule has 0 aromatic heterocycles. The van der Waals surface area contributed by atoms with Crippen molar-refractivity contribution in [3.8, 4) is 0 Å². The highest BCUT2D eigenvalue weighted by Crippen LogP contribution is 2.16. The summed E-state index contributed by atoms with van der Waals surface area (Å²) in [6.07, 6.45) is -3.62. The second-order valence-corrected chi connectivity index (χ2v) is 6.28. The summed E-state index contributed by atoms with van der Waals surface area (Å²) < 4.78 is 3.08. The molecule has 0 saturated carbocycles. The minimum Gasteiger partial charge on any atom is -0.449 e. The van der Waals surface area contributed by atoms with Crippen LogP contribution in [0.3, 0.4) is 0 Å². The lowest BCUT2D eigenvalue weighted by Gasteiger charge is -2.20. The quantitative estimate of drug-likeness (QED) is 0.268. The number of hydrogen-bond donors (Lipinski definition) is 2. The number of hydrogen-bond acceptors (Lipinski definition) is 5. The van der Waals surface area contributed by atoms with Gasteiger partial charge in [0.15, 0.2) is 0 Å². The second kappa shape index (κ2) is 8.71. The van der Waals surface area contributed by atoms with Crippen LogP contribution in [-0.4, -0.2) is 35.7 Å². The van der Waals surface area contributed by atoms with Gasteiger partial charge in [-0.3, -0.25) is 0 Å². The minimum atomic E-state index is -1.81. The van der Waals surface area contributed by atoms with E-state index in [1.165, 1.54) is 0 Å². The molecule has 0 atom stereocenters. The Morgan fingerprint density at radius 1 is 0.789 bits per heavy atom. The fraction of sp³-hybridized carbons (Fsp3) is 0.833. The van der Waals surface area contributed by atoms with Gasteiger partial charge in [0, 0.05) is 0 Å². The maximum Gasteiger partial charge on any atom is 0.516 e. The molecule has 0 aliphatic rings. The first-order valence-electron chi connectivity index (χ1n) is 5.71. The van der Waals surface area contributed by atoms with Crippen molar-refractivity contribution >= 4 is 12.3 Å². The van der Waals surface area contributed by atoms with Crippen molar-refractivity contribution in [3.05, 3.63) is 0 Å². The normalized spacial score (nSPS) is 11.3. The van der Waals surface area contributed by atoms with Crippen LogP contribution >= 0.6 is 0 Å². The molecule has 114 valence electrons. The van der Waals surface area contributed by atoms with E-state index < -0.39 is 12.3 Å². The first-order chi connectivity index (χ1) is 8.33. The van der Waals surface area contributed by atoms with E-state index in [1.807, 2.05) is 0 Å². The summed E-state index contributed by atoms with van der Waals surface area (Å²) in [7, 11) is 0. The maximum atomic E-state index is 9.21. The predicted octanol–water partition coefficient (Wildman–Crippen LogP) is 3.39. The van der Waals surface area contributed by atoms with Crippen molar-refractivity contribution in [2.45, 2.75) is 41.5 Å². The lowest BCUT2D eigenvalue weighted by molar-refractivity contribution is -0.318. The topological polar surface area (TPSA) is 102 Å². The summed E-state index contributed by atoms with van der Waals surface area (Å²) in [6.45, 7) is 14.0. The number of carboxylic acid groups (broad SMARTS) is 2. The van der Waals surface area contributed by atoms with Crippen molar-refractivity contribution in [2.75, 3.05) is 13.2 Å². The molecule has 0 aliphatic heterocycles. The first kappa shape index (κ1) is 20.0. The Balaban J connectivity index is 0. The zero-order valence-corrected chi connectivity index (χ0v) is 12.3. The van der Waals surface area contributed by atoms with Gasteiger partial charge in [0.2, 0.25) is 0 Å². The zero-order chi connectivity index (χ0) is 15.7. The van der Waals surface area contributed by atoms with Crippen molar-refractivity contribution in [2.24, 2.45) is 10.8 Å². The monoisotopic (exact) mass is 280 g/mol. The highest BCUT2D eigenvalue weighted by Gasteiger charge is 2.14. The van der Waals surface area contributed by atoms with Gasteiger partial charge in [-0.15, -0.1) is 0 Å². The largest absolute Gasteiger partial charge is 0.516 e. The lowest BCUT2D eigenvalue weighted by atomic mass is 9.98. The summed E-state index contributed by atoms with van der Waals surface area (Å²) in [4.78, 5) is 28.6. The minimum absolute atomic E-state index is 0.178. The maximum absolute atomic E-state index is 9.21. The van der Waals surface area contributed by atoms with Gasteiger partial charge in [-0.05, 0) is 10.8 Å². The third-order valence-corrected chi connectivity index (χ3v) is 1.24. The lowest BCUT2D eigenvalue weighted by Crippen LogP contribution is -2.19. The molecular formula is C12H24O7. The van der Waals surface area contributed by atoms with Crippen LogP contribution in [0.2, 0.25) is 0 Å². The number of carbonyl (C=O) groups is 2. The fourth-order valence-corrected chi connectivity index (χ4v) is 0.512. The molecule has 7 nitrogen and oxygen atoms in total. The highest BCUT2D eigenvalue weighted by molar-refractivity contribution is 5.74. The van der Waals surface area contributed by atoms with Gasteiger partial charge in [0.1, 0.15) is 0 Å². The van der Waals surface area contributed by atoms with Crippen molar-refractivity contribution < 1.29 is 34.3 Å². The molecule has 0 radical (unpaired) electrons. The summed E-state index contributed by atoms with van der Waals surface area (Å²) in [6, 6.07) is 0. The van der Waals surface area contributed by atoms with Gasteiger partial charge in [-0.25, -0.2) is 19.4 Å². The van der Waals surface area contributed by atoms with Crippen molar-refractivity contribution in [3.63, 3.8) is 0 Å². The molecule has 0 aromatic rings. The van der Waals surface area contributed by atoms with E-state index in [0.717, 1.165) is 0 Å². The van der Waals surface area contributed by atoms with Crippen LogP contribution in [0.5, 0.6) is 0 Å². The molecule has 0 bridgehead atoms. The third kappa shape index (κ3) is 26.3. The Kier molecular flexibility index (Phi) is 9.16. The molecule has 0 fully saturated rings. The Morgan fingerprint density at radius 2 is 1.05 bits per heavy atom. The van der Waals surface area contributed by atoms with Crippen LogP contribution in [0.4, 0.5) is 9.59 Å². The fourth-order valence-electron chi connectivity index (χ4n) is 0.512. The van der Waals surface area contributed by atoms with Crippen LogP contribution in [0.1, 0.15) is 41.5 Å². The molecule has 0 aliphatic carbocycles. The summed E-state index contributed by atoms with van der Waals surface area (Å²) >= 11 is 0. The SMILES string of the molecule is CC(C)(C)COOCC(C)(C)C.O=C(O)OC(=O)O. The van der Waals surface area contributed by atoms with Gasteiger partial charge in [-0.2, -0.15) is 0 Å². The average molecular weight is 280 g/mol. The van der Waals surface area contributed by atoms with Crippen LogP contribution in [0, 0.1) is 10.8 Å². The Labute approximate surface area is 113 Å². The first-order valence-corrected chi connectivity index (χ1v) is 5.71. The molecule has 0 saturated heterocycles. The second-order valence-electron chi connectivity index (χ2n) is 6.28. The zero-order valence-electron chi connectivity index (χ0n) is 12.3. The third-order valence-electron chi connectivity index (χ3n) is 1.24. The van der Waals surface area contributed by atoms with E-state index in [0.29, 0.717) is 13.2 Å². The van der Waals surface area contributed by atoms with E-state index in [2.05, 4.69) is 46.3 Å². The Bertz CT molecular complexity index is 245. The molecule has 0 unspecified atom stereocenters. The Morgan fingerprint density at radius 3 is 1.16 bits per heavy atom. The smallest absolute Gasteiger partial charge is 0.449 e. The van der Waals surface area contributed by atoms with Gasteiger partial charge in [0.25, 0.3) is 0 Å². The van der Waals surface area contributed by atoms with Crippen LogP contribution in [0.25, 0.3) is 0 Å². The van der Waals surface area contributed by atoms with E-state index in [9.17, 15) is 9.59 Å². The molecule has 0 aromatic carbocycles. The predicted molar refractivity (Wildman–Crippen MR) is 67.9 cm³/mol. The molecule has 0 rings (SSSR count). The number of ether oxygens (including phenoxy) is 1. The summed E-state index contributed by atoms with van der Waals surface area (Å²) in [5, 5.41) is 15.0. The van der Waals surface area contributed by atoms with E-state index in [4.69, 9.17) is 20.0 Å². The summed E-state index contributed by atoms with van der Waals surface area (Å²) in [5.41, 5.74) is 0.357. The van der Waals surface area contributed by atoms with Crippen LogP contribution in [-0.2, 0) is 14.5 Å². The average Bonchev–Trinajstić information content (AvgIpc) is 2.08. The van der Waals surface area contributed by atoms with Crippen LogP contribution in [0.15, 0.2) is 0 Å². The molecule has 19 heavy (non-hydrogen) atoms. The van der Waals surface area contributed by atoms with Crippen molar-refractivity contribution in [1.29, 1.82) is 0 Å². The van der Waals surface area contributed by atoms with E-state index in [-0.39, 0.29) is 10.8 Å². The van der Waals surface area contributed by atoms with Gasteiger partial charge < -0.3 is 14.9 Å². The van der Waals surface area contributed by atoms with Gasteiger partial charge >= 0.3 is 12.3 Å². The summed E-state index contributed by atoms with van der Waals surface area (Å²) in [5.74, 6) is 0. The highest BCUT2D eigenvalue weighted by atomic mass is 17.2. The van der Waals surface area contributed by atoms with Crippen LogP contribution < -0.4 is 0 Å². The van der Waals surface area contributed by atoms with Gasteiger partial charge in [-0.1, -0.05) is 41.5 Å². The van der Waals surface area contributed by atoms with E-state index >= 15 is 0 Å². The molecule has 0 heterocycles. The van der Waals surface area contributed by atoms with Gasteiger partial charge in [0.05, 0.1) is 13.2 Å². The molecule has 7 heteroatoms. The molecule has 0 amide bonds. The van der Waals surface area contributed by atoms with Crippen molar-refractivity contribution in [1.82, 2.24) is 0 Å². The molecule has 2 N–H and O–H groups in total. The molecular weight excluding hydrogens is 256 g/mol. The Hall–Kier alpha value is -1.34.